The highest BCUT2D eigenvalue weighted by atomic mass is 16.5. The molecule has 2 N–H and O–H groups in total. The monoisotopic (exact) mass is 440 g/mol. The second-order valence-corrected chi connectivity index (χ2v) is 7.17. The molecular weight excluding hydrogens is 412 g/mol. The Labute approximate surface area is 187 Å². The van der Waals surface area contributed by atoms with Gasteiger partial charge in [-0.1, -0.05) is 12.1 Å². The Morgan fingerprint density at radius 2 is 1.81 bits per heavy atom. The van der Waals surface area contributed by atoms with Crippen molar-refractivity contribution < 1.29 is 28.5 Å². The van der Waals surface area contributed by atoms with E-state index >= 15 is 0 Å². The molecule has 0 radical (unpaired) electrons. The number of hydrogen-bond acceptors (Lipinski definition) is 6. The van der Waals surface area contributed by atoms with Crippen molar-refractivity contribution in [1.82, 2.24) is 5.32 Å². The van der Waals surface area contributed by atoms with Gasteiger partial charge in [0.25, 0.3) is 5.91 Å². The first kappa shape index (κ1) is 23.1. The maximum Gasteiger partial charge on any atom is 0.253 e. The van der Waals surface area contributed by atoms with Crippen LogP contribution in [0.2, 0.25) is 0 Å². The smallest absolute Gasteiger partial charge is 0.253 e. The average molecular weight is 440 g/mol. The minimum absolute atomic E-state index is 0.0436. The number of nitrogens with one attached hydrogen (secondary N) is 2. The largest absolute Gasteiger partial charge is 0.493 e. The number of carbonyl (C=O) groups excluding carboxylic acids is 2. The average Bonchev–Trinajstić information content (AvgIpc) is 3.34. The highest BCUT2D eigenvalue weighted by molar-refractivity contribution is 6.07. The van der Waals surface area contributed by atoms with Crippen LogP contribution >= 0.6 is 0 Å². The SMILES string of the molecule is COc1cc(/C=C/C(=O)Nc2ccccc2C(=O)NCC2CCCO2)cc(OC)c1OC. The molecule has 8 nitrogen and oxygen atoms in total. The Kier molecular flexibility index (Phi) is 8.10. The molecule has 1 unspecified atom stereocenters. The molecule has 0 aromatic heterocycles. The molecule has 1 saturated heterocycles. The fourth-order valence-electron chi connectivity index (χ4n) is 3.44. The standard InChI is InChI=1S/C24H28N2O6/c1-29-20-13-16(14-21(30-2)23(20)31-3)10-11-22(27)26-19-9-5-4-8-18(19)24(28)25-15-17-7-6-12-32-17/h4-5,8-11,13-14,17H,6-7,12,15H2,1-3H3,(H,25,28)(H,26,27)/b11-10+. The van der Waals surface area contributed by atoms with Crippen molar-refractivity contribution in [2.75, 3.05) is 39.8 Å². The van der Waals surface area contributed by atoms with Crippen LogP contribution in [-0.4, -0.2) is 52.4 Å². The van der Waals surface area contributed by atoms with E-state index in [-0.39, 0.29) is 17.9 Å². The number of methoxy groups -OCH3 is 3. The second kappa shape index (κ2) is 11.2. The first-order valence-electron chi connectivity index (χ1n) is 10.3. The van der Waals surface area contributed by atoms with Crippen molar-refractivity contribution in [2.45, 2.75) is 18.9 Å². The first-order valence-corrected chi connectivity index (χ1v) is 10.3. The number of hydrogen-bond donors (Lipinski definition) is 2. The molecule has 0 saturated carbocycles. The van der Waals surface area contributed by atoms with Gasteiger partial charge in [0, 0.05) is 19.2 Å². The van der Waals surface area contributed by atoms with Crippen LogP contribution in [-0.2, 0) is 9.53 Å². The van der Waals surface area contributed by atoms with Gasteiger partial charge >= 0.3 is 0 Å². The van der Waals surface area contributed by atoms with E-state index in [4.69, 9.17) is 18.9 Å². The highest BCUT2D eigenvalue weighted by Gasteiger charge is 2.18. The molecule has 170 valence electrons. The van der Waals surface area contributed by atoms with Gasteiger partial charge < -0.3 is 29.6 Å². The summed E-state index contributed by atoms with van der Waals surface area (Å²) in [5.41, 5.74) is 1.51. The van der Waals surface area contributed by atoms with Gasteiger partial charge in [0.1, 0.15) is 0 Å². The molecule has 8 heteroatoms. The van der Waals surface area contributed by atoms with Crippen molar-refractivity contribution >= 4 is 23.6 Å². The minimum atomic E-state index is -0.377. The molecule has 2 aromatic carbocycles. The van der Waals surface area contributed by atoms with Crippen LogP contribution in [0.3, 0.4) is 0 Å². The van der Waals surface area contributed by atoms with Crippen molar-refractivity contribution in [3.63, 3.8) is 0 Å². The van der Waals surface area contributed by atoms with E-state index in [1.165, 1.54) is 27.4 Å². The lowest BCUT2D eigenvalue weighted by molar-refractivity contribution is -0.111. The Balaban J connectivity index is 1.68. The summed E-state index contributed by atoms with van der Waals surface area (Å²) in [6, 6.07) is 10.3. The van der Waals surface area contributed by atoms with Gasteiger partial charge in [0.15, 0.2) is 11.5 Å². The van der Waals surface area contributed by atoms with Crippen LogP contribution in [0.4, 0.5) is 5.69 Å². The lowest BCUT2D eigenvalue weighted by Crippen LogP contribution is -2.32. The zero-order chi connectivity index (χ0) is 22.9. The van der Waals surface area contributed by atoms with E-state index in [2.05, 4.69) is 10.6 Å². The summed E-state index contributed by atoms with van der Waals surface area (Å²) in [5, 5.41) is 5.64. The number of anilines is 1. The molecule has 1 aliphatic rings. The maximum absolute atomic E-state index is 12.6. The molecule has 3 rings (SSSR count). The molecule has 0 spiro atoms. The fraction of sp³-hybridized carbons (Fsp3) is 0.333. The van der Waals surface area contributed by atoms with Crippen molar-refractivity contribution in [2.24, 2.45) is 0 Å². The lowest BCUT2D eigenvalue weighted by Gasteiger charge is -2.13. The van der Waals surface area contributed by atoms with Crippen LogP contribution in [0.5, 0.6) is 17.2 Å². The van der Waals surface area contributed by atoms with Gasteiger partial charge in [0.05, 0.1) is 38.7 Å². The minimum Gasteiger partial charge on any atom is -0.493 e. The molecule has 1 atom stereocenters. The molecule has 2 amide bonds. The summed E-state index contributed by atoms with van der Waals surface area (Å²) in [6.07, 6.45) is 4.99. The molecule has 1 heterocycles. The van der Waals surface area contributed by atoms with E-state index in [9.17, 15) is 9.59 Å². The van der Waals surface area contributed by atoms with Gasteiger partial charge in [-0.2, -0.15) is 0 Å². The molecule has 1 aliphatic heterocycles. The highest BCUT2D eigenvalue weighted by Crippen LogP contribution is 2.38. The topological polar surface area (TPSA) is 95.1 Å². The fourth-order valence-corrected chi connectivity index (χ4v) is 3.44. The Hall–Kier alpha value is -3.52. The third-order valence-electron chi connectivity index (χ3n) is 5.06. The summed E-state index contributed by atoms with van der Waals surface area (Å²) in [4.78, 5) is 25.1. The van der Waals surface area contributed by atoms with E-state index < -0.39 is 0 Å². The van der Waals surface area contributed by atoms with Gasteiger partial charge in [0.2, 0.25) is 11.7 Å². The van der Waals surface area contributed by atoms with Gasteiger partial charge in [-0.15, -0.1) is 0 Å². The second-order valence-electron chi connectivity index (χ2n) is 7.17. The number of benzene rings is 2. The molecule has 0 aliphatic carbocycles. The quantitative estimate of drug-likeness (QED) is 0.581. The zero-order valence-electron chi connectivity index (χ0n) is 18.5. The number of rotatable bonds is 9. The molecule has 32 heavy (non-hydrogen) atoms. The first-order chi connectivity index (χ1) is 15.5. The molecule has 2 aromatic rings. The summed E-state index contributed by atoms with van der Waals surface area (Å²) in [7, 11) is 4.58. The maximum atomic E-state index is 12.6. The lowest BCUT2D eigenvalue weighted by atomic mass is 10.1. The Morgan fingerprint density at radius 3 is 2.44 bits per heavy atom. The normalized spacial score (nSPS) is 15.4. The van der Waals surface area contributed by atoms with Crippen LogP contribution in [0.25, 0.3) is 6.08 Å². The predicted molar refractivity (Wildman–Crippen MR) is 122 cm³/mol. The summed E-state index contributed by atoms with van der Waals surface area (Å²) in [6.45, 7) is 1.17. The van der Waals surface area contributed by atoms with Crippen LogP contribution in [0, 0.1) is 0 Å². The van der Waals surface area contributed by atoms with E-state index in [1.807, 2.05) is 0 Å². The number of ether oxygens (including phenoxy) is 4. The Bertz CT molecular complexity index is 957. The van der Waals surface area contributed by atoms with Gasteiger partial charge in [-0.05, 0) is 48.7 Å². The van der Waals surface area contributed by atoms with Gasteiger partial charge in [-0.25, -0.2) is 0 Å². The van der Waals surface area contributed by atoms with Crippen LogP contribution in [0.1, 0.15) is 28.8 Å². The van der Waals surface area contributed by atoms with Crippen molar-refractivity contribution in [3.8, 4) is 17.2 Å². The molecular formula is C24H28N2O6. The summed E-state index contributed by atoms with van der Waals surface area (Å²) < 4.78 is 21.5. The van der Waals surface area contributed by atoms with Crippen LogP contribution in [0.15, 0.2) is 42.5 Å². The zero-order valence-corrected chi connectivity index (χ0v) is 18.5. The van der Waals surface area contributed by atoms with E-state index in [0.29, 0.717) is 40.6 Å². The summed E-state index contributed by atoms with van der Waals surface area (Å²) >= 11 is 0. The number of para-hydroxylation sites is 1. The Morgan fingerprint density at radius 1 is 1.09 bits per heavy atom. The van der Waals surface area contributed by atoms with Crippen LogP contribution < -0.4 is 24.8 Å². The molecule has 0 bridgehead atoms. The van der Waals surface area contributed by atoms with E-state index in [0.717, 1.165) is 19.4 Å². The third kappa shape index (κ3) is 5.79. The van der Waals surface area contributed by atoms with Crippen molar-refractivity contribution in [3.05, 3.63) is 53.6 Å². The van der Waals surface area contributed by atoms with Gasteiger partial charge in [-0.3, -0.25) is 9.59 Å². The summed E-state index contributed by atoms with van der Waals surface area (Å²) in [5.74, 6) is 0.808. The number of carbonyl (C=O) groups is 2. The van der Waals surface area contributed by atoms with E-state index in [1.54, 1.807) is 42.5 Å². The molecule has 1 fully saturated rings. The third-order valence-corrected chi connectivity index (χ3v) is 5.06. The van der Waals surface area contributed by atoms with Crippen molar-refractivity contribution in [1.29, 1.82) is 0 Å². The predicted octanol–water partition coefficient (Wildman–Crippen LogP) is 3.27. The number of amides is 2.